The number of carboxylic acid groups (broad SMARTS) is 1. The molecule has 0 aromatic heterocycles. The number of aliphatic carboxylic acids is 1. The molecule has 1 fully saturated rings. The minimum atomic E-state index is -3.33. The van der Waals surface area contributed by atoms with Crippen molar-refractivity contribution in [1.29, 1.82) is 0 Å². The topological polar surface area (TPSA) is 104 Å². The molecule has 0 bridgehead atoms. The van der Waals surface area contributed by atoms with Crippen molar-refractivity contribution in [2.45, 2.75) is 32.1 Å². The van der Waals surface area contributed by atoms with E-state index in [1.54, 1.807) is 44.2 Å². The van der Waals surface area contributed by atoms with E-state index in [0.717, 1.165) is 0 Å². The largest absolute Gasteiger partial charge is 0.481 e. The van der Waals surface area contributed by atoms with Crippen LogP contribution in [0.15, 0.2) is 30.3 Å². The fourth-order valence-electron chi connectivity index (χ4n) is 3.11. The maximum Gasteiger partial charge on any atom is 0.315 e. The van der Waals surface area contributed by atoms with Crippen LogP contribution < -0.4 is 5.32 Å². The van der Waals surface area contributed by atoms with Crippen molar-refractivity contribution >= 4 is 21.9 Å². The van der Waals surface area contributed by atoms with Crippen LogP contribution in [0.1, 0.15) is 32.3 Å². The maximum absolute atomic E-state index is 12.5. The minimum absolute atomic E-state index is 0.00638. The molecular formula is C18H26N2O5S. The van der Waals surface area contributed by atoms with Gasteiger partial charge in [0.1, 0.15) is 5.41 Å². The van der Waals surface area contributed by atoms with E-state index in [2.05, 4.69) is 5.32 Å². The number of carboxylic acids is 1. The molecular weight excluding hydrogens is 356 g/mol. The fraction of sp³-hybridized carbons (Fsp3) is 0.556. The molecule has 2 rings (SSSR count). The zero-order chi connectivity index (χ0) is 19.4. The Hall–Kier alpha value is -1.93. The van der Waals surface area contributed by atoms with Gasteiger partial charge in [-0.1, -0.05) is 30.3 Å². The highest BCUT2D eigenvalue weighted by molar-refractivity contribution is 7.89. The number of rotatable bonds is 7. The second-order valence-electron chi connectivity index (χ2n) is 6.82. The number of amides is 1. The van der Waals surface area contributed by atoms with Crippen molar-refractivity contribution in [1.82, 2.24) is 9.62 Å². The highest BCUT2D eigenvalue weighted by atomic mass is 32.2. The van der Waals surface area contributed by atoms with Gasteiger partial charge in [0.15, 0.2) is 0 Å². The first kappa shape index (κ1) is 20.4. The Morgan fingerprint density at radius 3 is 2.54 bits per heavy atom. The third-order valence-electron chi connectivity index (χ3n) is 5.01. The van der Waals surface area contributed by atoms with Crippen LogP contribution in [0, 0.1) is 5.92 Å². The summed E-state index contributed by atoms with van der Waals surface area (Å²) in [5.74, 6) is -1.78. The number of carbonyl (C=O) groups excluding carboxylic acids is 1. The van der Waals surface area contributed by atoms with Gasteiger partial charge >= 0.3 is 5.97 Å². The molecule has 26 heavy (non-hydrogen) atoms. The average molecular weight is 382 g/mol. The summed E-state index contributed by atoms with van der Waals surface area (Å²) < 4.78 is 25.4. The number of sulfonamides is 1. The van der Waals surface area contributed by atoms with Crippen LogP contribution in [0.3, 0.4) is 0 Å². The zero-order valence-corrected chi connectivity index (χ0v) is 16.0. The molecule has 1 saturated heterocycles. The molecule has 2 unspecified atom stereocenters. The lowest BCUT2D eigenvalue weighted by atomic mass is 9.82. The van der Waals surface area contributed by atoms with Gasteiger partial charge < -0.3 is 10.4 Å². The van der Waals surface area contributed by atoms with Gasteiger partial charge in [0.25, 0.3) is 0 Å². The van der Waals surface area contributed by atoms with E-state index in [1.165, 1.54) is 4.31 Å². The van der Waals surface area contributed by atoms with E-state index in [9.17, 15) is 23.1 Å². The summed E-state index contributed by atoms with van der Waals surface area (Å²) in [5, 5.41) is 12.4. The zero-order valence-electron chi connectivity index (χ0n) is 15.1. The van der Waals surface area contributed by atoms with Crippen LogP contribution in [0.25, 0.3) is 0 Å². The van der Waals surface area contributed by atoms with Crippen LogP contribution in [0.4, 0.5) is 0 Å². The van der Waals surface area contributed by atoms with Gasteiger partial charge in [-0.05, 0) is 32.3 Å². The number of nitrogens with zero attached hydrogens (tertiary/aromatic N) is 1. The first-order chi connectivity index (χ1) is 12.2. The van der Waals surface area contributed by atoms with Crippen molar-refractivity contribution in [3.63, 3.8) is 0 Å². The molecule has 0 radical (unpaired) electrons. The second kappa shape index (κ2) is 8.18. The predicted molar refractivity (Wildman–Crippen MR) is 98.2 cm³/mol. The van der Waals surface area contributed by atoms with Crippen LogP contribution in [0.5, 0.6) is 0 Å². The predicted octanol–water partition coefficient (Wildman–Crippen LogP) is 1.21. The molecule has 1 aliphatic rings. The van der Waals surface area contributed by atoms with Crippen LogP contribution >= 0.6 is 0 Å². The highest BCUT2D eigenvalue weighted by Gasteiger charge is 2.37. The lowest BCUT2D eigenvalue weighted by molar-refractivity contribution is -0.143. The molecule has 0 spiro atoms. The Morgan fingerprint density at radius 1 is 1.31 bits per heavy atom. The molecule has 2 N–H and O–H groups in total. The molecule has 1 aromatic rings. The first-order valence-corrected chi connectivity index (χ1v) is 10.4. The average Bonchev–Trinajstić information content (AvgIpc) is 2.66. The van der Waals surface area contributed by atoms with Crippen molar-refractivity contribution in [2.24, 2.45) is 5.92 Å². The monoisotopic (exact) mass is 382 g/mol. The van der Waals surface area contributed by atoms with E-state index in [-0.39, 0.29) is 24.7 Å². The summed E-state index contributed by atoms with van der Waals surface area (Å²) in [6.07, 6.45) is 1.21. The summed E-state index contributed by atoms with van der Waals surface area (Å²) >= 11 is 0. The molecule has 1 aliphatic heterocycles. The van der Waals surface area contributed by atoms with Gasteiger partial charge in [-0.25, -0.2) is 12.7 Å². The number of hydrogen-bond acceptors (Lipinski definition) is 4. The van der Waals surface area contributed by atoms with Gasteiger partial charge in [0, 0.05) is 19.6 Å². The van der Waals surface area contributed by atoms with Crippen molar-refractivity contribution < 1.29 is 23.1 Å². The number of benzene rings is 1. The molecule has 144 valence electrons. The number of carbonyl (C=O) groups is 2. The molecule has 2 atom stereocenters. The van der Waals surface area contributed by atoms with Crippen molar-refractivity contribution in [3.05, 3.63) is 35.9 Å². The van der Waals surface area contributed by atoms with Crippen molar-refractivity contribution in [3.8, 4) is 0 Å². The standard InChI is InChI=1S/C18H26N2O5S/c1-3-26(24,25)20-11-7-8-14(12-20)16(21)19-13-18(2,17(22)23)15-9-5-4-6-10-15/h4-6,9-10,14H,3,7-8,11-13H2,1-2H3,(H,19,21)(H,22,23). The Bertz CT molecular complexity index is 750. The van der Waals surface area contributed by atoms with E-state index in [4.69, 9.17) is 0 Å². The summed E-state index contributed by atoms with van der Waals surface area (Å²) in [4.78, 5) is 24.3. The second-order valence-corrected chi connectivity index (χ2v) is 9.08. The highest BCUT2D eigenvalue weighted by Crippen LogP contribution is 2.24. The number of piperidine rings is 1. The summed E-state index contributed by atoms with van der Waals surface area (Å²) in [7, 11) is -3.33. The molecule has 8 heteroatoms. The SMILES string of the molecule is CCS(=O)(=O)N1CCCC(C(=O)NCC(C)(C(=O)O)c2ccccc2)C1. The Morgan fingerprint density at radius 2 is 1.96 bits per heavy atom. The molecule has 0 saturated carbocycles. The molecule has 1 aromatic carbocycles. The Kier molecular flexibility index (Phi) is 6.41. The van der Waals surface area contributed by atoms with E-state index in [0.29, 0.717) is 24.9 Å². The third-order valence-corrected chi connectivity index (χ3v) is 6.86. The van der Waals surface area contributed by atoms with Crippen LogP contribution in [-0.2, 0) is 25.0 Å². The molecule has 1 amide bonds. The third kappa shape index (κ3) is 4.42. The number of nitrogens with one attached hydrogen (secondary N) is 1. The first-order valence-electron chi connectivity index (χ1n) is 8.75. The lowest BCUT2D eigenvalue weighted by Gasteiger charge is -2.32. The number of hydrogen-bond donors (Lipinski definition) is 2. The van der Waals surface area contributed by atoms with Gasteiger partial charge in [0.05, 0.1) is 11.7 Å². The summed E-state index contributed by atoms with van der Waals surface area (Å²) in [5.41, 5.74) is -0.646. The van der Waals surface area contributed by atoms with Gasteiger partial charge in [-0.2, -0.15) is 0 Å². The quantitative estimate of drug-likeness (QED) is 0.738. The molecule has 0 aliphatic carbocycles. The van der Waals surface area contributed by atoms with Crippen LogP contribution in [0.2, 0.25) is 0 Å². The van der Waals surface area contributed by atoms with E-state index >= 15 is 0 Å². The Balaban J connectivity index is 2.06. The fourth-order valence-corrected chi connectivity index (χ4v) is 4.29. The summed E-state index contributed by atoms with van der Waals surface area (Å²) in [6.45, 7) is 3.67. The molecule has 1 heterocycles. The van der Waals surface area contributed by atoms with Gasteiger partial charge in [-0.15, -0.1) is 0 Å². The summed E-state index contributed by atoms with van der Waals surface area (Å²) in [6, 6.07) is 8.75. The van der Waals surface area contributed by atoms with Gasteiger partial charge in [-0.3, -0.25) is 9.59 Å². The lowest BCUT2D eigenvalue weighted by Crippen LogP contribution is -2.49. The normalized spacial score (nSPS) is 20.9. The minimum Gasteiger partial charge on any atom is -0.481 e. The van der Waals surface area contributed by atoms with E-state index < -0.39 is 27.3 Å². The maximum atomic E-state index is 12.5. The Labute approximate surface area is 154 Å². The van der Waals surface area contributed by atoms with E-state index in [1.807, 2.05) is 0 Å². The van der Waals surface area contributed by atoms with Gasteiger partial charge in [0.2, 0.25) is 15.9 Å². The smallest absolute Gasteiger partial charge is 0.315 e. The molecule has 7 nitrogen and oxygen atoms in total. The van der Waals surface area contributed by atoms with Crippen LogP contribution in [-0.4, -0.2) is 55.1 Å². The van der Waals surface area contributed by atoms with Crippen molar-refractivity contribution in [2.75, 3.05) is 25.4 Å².